The summed E-state index contributed by atoms with van der Waals surface area (Å²) in [5.74, 6) is 3.51. The summed E-state index contributed by atoms with van der Waals surface area (Å²) in [6.45, 7) is 1.66. The molecule has 3 rings (SSSR count). The number of benzene rings is 1. The molecule has 3 nitrogen and oxygen atoms in total. The molecule has 2 aliphatic rings. The van der Waals surface area contributed by atoms with E-state index in [-0.39, 0.29) is 34.7 Å². The number of ether oxygens (including phenoxy) is 1. The molecule has 0 N–H and O–H groups in total. The molecule has 0 amide bonds. The molecule has 0 spiro atoms. The molecule has 2 aliphatic carbocycles. The van der Waals surface area contributed by atoms with Gasteiger partial charge in [-0.1, -0.05) is 5.92 Å². The first kappa shape index (κ1) is 14.8. The molecule has 2 fully saturated rings. The number of hydrogen-bond donors (Lipinski definition) is 0. The van der Waals surface area contributed by atoms with Crippen molar-refractivity contribution in [1.82, 2.24) is 0 Å². The van der Waals surface area contributed by atoms with E-state index in [0.717, 1.165) is 12.8 Å². The van der Waals surface area contributed by atoms with Crippen LogP contribution in [0.3, 0.4) is 0 Å². The molecule has 2 bridgehead atoms. The van der Waals surface area contributed by atoms with E-state index in [4.69, 9.17) is 4.74 Å². The van der Waals surface area contributed by atoms with Crippen LogP contribution < -0.4 is 4.74 Å². The summed E-state index contributed by atoms with van der Waals surface area (Å²) in [4.78, 5) is 25.1. The minimum atomic E-state index is -1.02. The Bertz CT molecular complexity index is 689. The van der Waals surface area contributed by atoms with Gasteiger partial charge in [-0.2, -0.15) is 0 Å². The van der Waals surface area contributed by atoms with E-state index in [1.54, 1.807) is 13.0 Å². The molecule has 0 aromatic heterocycles. The van der Waals surface area contributed by atoms with Crippen molar-refractivity contribution >= 4 is 11.6 Å². The standard InChI is InChI=1S/C18H17FO3/c1-3-4-10-7-13(19)15(14(8-10)22-2)16-17(20)11-5-6-12(9-11)18(16)21/h7-8,11-12,16H,5-6,9H2,1-2H3. The first-order valence-electron chi connectivity index (χ1n) is 7.44. The molecule has 22 heavy (non-hydrogen) atoms. The lowest BCUT2D eigenvalue weighted by Crippen LogP contribution is -2.35. The van der Waals surface area contributed by atoms with Crippen LogP contribution in [-0.4, -0.2) is 18.7 Å². The van der Waals surface area contributed by atoms with Crippen LogP contribution in [0.5, 0.6) is 5.75 Å². The van der Waals surface area contributed by atoms with Crippen molar-refractivity contribution in [3.63, 3.8) is 0 Å². The zero-order valence-electron chi connectivity index (χ0n) is 12.6. The third-order valence-electron chi connectivity index (χ3n) is 4.68. The van der Waals surface area contributed by atoms with Gasteiger partial charge in [0.25, 0.3) is 0 Å². The van der Waals surface area contributed by atoms with E-state index < -0.39 is 11.7 Å². The highest BCUT2D eigenvalue weighted by molar-refractivity contribution is 6.12. The summed E-state index contributed by atoms with van der Waals surface area (Å²) in [6.07, 6.45) is 2.08. The molecular weight excluding hydrogens is 283 g/mol. The Morgan fingerprint density at radius 1 is 1.18 bits per heavy atom. The second-order valence-corrected chi connectivity index (χ2v) is 5.89. The maximum atomic E-state index is 14.6. The van der Waals surface area contributed by atoms with Crippen LogP contribution >= 0.6 is 0 Å². The van der Waals surface area contributed by atoms with Gasteiger partial charge in [-0.3, -0.25) is 9.59 Å². The zero-order chi connectivity index (χ0) is 15.9. The summed E-state index contributed by atoms with van der Waals surface area (Å²) in [6, 6.07) is 2.86. The van der Waals surface area contributed by atoms with E-state index in [1.807, 2.05) is 0 Å². The maximum Gasteiger partial charge on any atom is 0.151 e. The Hall–Kier alpha value is -2.15. The van der Waals surface area contributed by atoms with Crippen molar-refractivity contribution in [3.05, 3.63) is 29.1 Å². The Balaban J connectivity index is 2.12. The number of hydrogen-bond acceptors (Lipinski definition) is 3. The second kappa shape index (κ2) is 5.57. The van der Waals surface area contributed by atoms with Gasteiger partial charge in [-0.25, -0.2) is 4.39 Å². The molecular formula is C18H17FO3. The van der Waals surface area contributed by atoms with Crippen molar-refractivity contribution in [1.29, 1.82) is 0 Å². The minimum Gasteiger partial charge on any atom is -0.496 e. The van der Waals surface area contributed by atoms with Crippen LogP contribution in [0.2, 0.25) is 0 Å². The molecule has 4 heteroatoms. The average Bonchev–Trinajstić information content (AvgIpc) is 2.94. The number of Topliss-reactive ketones (excluding diaryl/α,β-unsaturated/α-hetero) is 2. The predicted molar refractivity (Wildman–Crippen MR) is 79.1 cm³/mol. The van der Waals surface area contributed by atoms with E-state index in [9.17, 15) is 14.0 Å². The Morgan fingerprint density at radius 2 is 1.82 bits per heavy atom. The monoisotopic (exact) mass is 300 g/mol. The number of fused-ring (bicyclic) bond motifs is 2. The fourth-order valence-electron chi connectivity index (χ4n) is 3.65. The third-order valence-corrected chi connectivity index (χ3v) is 4.68. The number of ketones is 2. The molecule has 0 saturated heterocycles. The lowest BCUT2D eigenvalue weighted by atomic mass is 9.75. The van der Waals surface area contributed by atoms with Crippen molar-refractivity contribution in [2.24, 2.45) is 11.8 Å². The van der Waals surface area contributed by atoms with Gasteiger partial charge in [0.05, 0.1) is 7.11 Å². The molecule has 1 aromatic carbocycles. The van der Waals surface area contributed by atoms with Gasteiger partial charge in [0, 0.05) is 23.0 Å². The summed E-state index contributed by atoms with van der Waals surface area (Å²) >= 11 is 0. The Labute approximate surface area is 128 Å². The summed E-state index contributed by atoms with van der Waals surface area (Å²) in [7, 11) is 1.41. The molecule has 0 heterocycles. The largest absolute Gasteiger partial charge is 0.496 e. The van der Waals surface area contributed by atoms with Gasteiger partial charge in [0.2, 0.25) is 0 Å². The summed E-state index contributed by atoms with van der Waals surface area (Å²) in [5, 5.41) is 0. The van der Waals surface area contributed by atoms with Crippen LogP contribution in [0, 0.1) is 29.5 Å². The first-order valence-corrected chi connectivity index (χ1v) is 7.44. The van der Waals surface area contributed by atoms with E-state index >= 15 is 0 Å². The van der Waals surface area contributed by atoms with Crippen molar-refractivity contribution < 1.29 is 18.7 Å². The molecule has 2 saturated carbocycles. The van der Waals surface area contributed by atoms with E-state index in [0.29, 0.717) is 12.0 Å². The van der Waals surface area contributed by atoms with E-state index in [1.165, 1.54) is 13.2 Å². The van der Waals surface area contributed by atoms with Gasteiger partial charge in [-0.15, -0.1) is 5.92 Å². The Morgan fingerprint density at radius 3 is 2.36 bits per heavy atom. The zero-order valence-corrected chi connectivity index (χ0v) is 12.6. The molecule has 2 atom stereocenters. The number of halogens is 1. The molecule has 2 unspecified atom stereocenters. The topological polar surface area (TPSA) is 43.4 Å². The van der Waals surface area contributed by atoms with E-state index in [2.05, 4.69) is 11.8 Å². The van der Waals surface area contributed by atoms with Crippen molar-refractivity contribution in [3.8, 4) is 17.6 Å². The molecule has 0 radical (unpaired) electrons. The van der Waals surface area contributed by atoms with Crippen LogP contribution in [0.4, 0.5) is 4.39 Å². The van der Waals surface area contributed by atoms with Crippen molar-refractivity contribution in [2.45, 2.75) is 32.1 Å². The number of methoxy groups -OCH3 is 1. The Kier molecular flexibility index (Phi) is 3.74. The molecule has 114 valence electrons. The van der Waals surface area contributed by atoms with Crippen LogP contribution in [0.25, 0.3) is 0 Å². The first-order chi connectivity index (χ1) is 10.6. The maximum absolute atomic E-state index is 14.6. The van der Waals surface area contributed by atoms with Crippen LogP contribution in [0.15, 0.2) is 12.1 Å². The van der Waals surface area contributed by atoms with Crippen LogP contribution in [-0.2, 0) is 9.59 Å². The number of carbonyl (C=O) groups is 2. The molecule has 1 aromatic rings. The van der Waals surface area contributed by atoms with Gasteiger partial charge in [-0.05, 0) is 38.3 Å². The fraction of sp³-hybridized carbons (Fsp3) is 0.444. The lowest BCUT2D eigenvalue weighted by Gasteiger charge is -2.27. The predicted octanol–water partition coefficient (Wildman–Crippen LogP) is 2.86. The van der Waals surface area contributed by atoms with Gasteiger partial charge in [0.1, 0.15) is 17.5 Å². The quantitative estimate of drug-likeness (QED) is 0.623. The van der Waals surface area contributed by atoms with Crippen LogP contribution in [0.1, 0.15) is 43.2 Å². The summed E-state index contributed by atoms with van der Waals surface area (Å²) < 4.78 is 19.8. The third kappa shape index (κ3) is 2.21. The van der Waals surface area contributed by atoms with Gasteiger partial charge in [0.15, 0.2) is 11.6 Å². The smallest absolute Gasteiger partial charge is 0.151 e. The van der Waals surface area contributed by atoms with Gasteiger partial charge >= 0.3 is 0 Å². The fourth-order valence-corrected chi connectivity index (χ4v) is 3.65. The summed E-state index contributed by atoms with van der Waals surface area (Å²) in [5.41, 5.74) is 0.551. The van der Waals surface area contributed by atoms with Gasteiger partial charge < -0.3 is 4.74 Å². The minimum absolute atomic E-state index is 0.0794. The highest BCUT2D eigenvalue weighted by Gasteiger charge is 2.49. The highest BCUT2D eigenvalue weighted by atomic mass is 19.1. The number of carbonyl (C=O) groups excluding carboxylic acids is 2. The SMILES string of the molecule is CC#Cc1cc(F)c(C2C(=O)C3CCC(C3)C2=O)c(OC)c1. The highest BCUT2D eigenvalue weighted by Crippen LogP contribution is 2.46. The number of rotatable bonds is 2. The second-order valence-electron chi connectivity index (χ2n) is 5.89. The lowest BCUT2D eigenvalue weighted by molar-refractivity contribution is -0.136. The van der Waals surface area contributed by atoms with Crippen molar-refractivity contribution in [2.75, 3.05) is 7.11 Å². The average molecular weight is 300 g/mol. The molecule has 0 aliphatic heterocycles. The normalized spacial score (nSPS) is 26.6.